The van der Waals surface area contributed by atoms with Gasteiger partial charge in [0.1, 0.15) is 13.2 Å². The molecule has 0 fully saturated rings. The lowest BCUT2D eigenvalue weighted by atomic mass is 10.0. The summed E-state index contributed by atoms with van der Waals surface area (Å²) in [4.78, 5) is 38.2. The van der Waals surface area contributed by atoms with Crippen LogP contribution in [0.15, 0.2) is 85.1 Å². The minimum atomic E-state index is -0.775. The highest BCUT2D eigenvalue weighted by molar-refractivity contribution is 5.71. The predicted octanol–water partition coefficient (Wildman–Crippen LogP) is 23.4. The fraction of sp³-hybridized carbons (Fsp3) is 0.767. The van der Waals surface area contributed by atoms with Crippen molar-refractivity contribution in [2.24, 2.45) is 0 Å². The summed E-state index contributed by atoms with van der Waals surface area (Å²) in [6.45, 7) is 6.50. The monoisotopic (exact) mass is 1100 g/mol. The van der Waals surface area contributed by atoms with E-state index >= 15 is 0 Å². The van der Waals surface area contributed by atoms with E-state index in [0.29, 0.717) is 19.3 Å². The Labute approximate surface area is 490 Å². The maximum absolute atomic E-state index is 12.9. The minimum Gasteiger partial charge on any atom is -0.462 e. The normalized spacial score (nSPS) is 12.6. The van der Waals surface area contributed by atoms with Crippen LogP contribution in [-0.4, -0.2) is 37.2 Å². The lowest BCUT2D eigenvalue weighted by Crippen LogP contribution is -2.30. The Balaban J connectivity index is 4.07. The summed E-state index contributed by atoms with van der Waals surface area (Å²) < 4.78 is 16.9. The van der Waals surface area contributed by atoms with Gasteiger partial charge >= 0.3 is 17.9 Å². The number of carbonyl (C=O) groups is 3. The van der Waals surface area contributed by atoms with Gasteiger partial charge in [0.15, 0.2) is 6.10 Å². The van der Waals surface area contributed by atoms with Crippen molar-refractivity contribution in [1.82, 2.24) is 0 Å². The van der Waals surface area contributed by atoms with Gasteiger partial charge in [-0.15, -0.1) is 0 Å². The lowest BCUT2D eigenvalue weighted by Gasteiger charge is -2.18. The Morgan fingerprint density at radius 1 is 0.266 bits per heavy atom. The summed E-state index contributed by atoms with van der Waals surface area (Å²) in [5, 5.41) is 0. The third kappa shape index (κ3) is 65.3. The summed E-state index contributed by atoms with van der Waals surface area (Å²) in [7, 11) is 0. The number of unbranched alkanes of at least 4 members (excludes halogenated alkanes) is 37. The summed E-state index contributed by atoms with van der Waals surface area (Å²) >= 11 is 0. The maximum Gasteiger partial charge on any atom is 0.306 e. The van der Waals surface area contributed by atoms with Crippen LogP contribution in [0.4, 0.5) is 0 Å². The second-order valence-electron chi connectivity index (χ2n) is 22.7. The number of esters is 3. The fourth-order valence-electron chi connectivity index (χ4n) is 9.80. The van der Waals surface area contributed by atoms with Crippen molar-refractivity contribution in [2.45, 2.75) is 348 Å². The Morgan fingerprint density at radius 2 is 0.519 bits per heavy atom. The largest absolute Gasteiger partial charge is 0.462 e. The van der Waals surface area contributed by atoms with Crippen LogP contribution in [0.5, 0.6) is 0 Å². The van der Waals surface area contributed by atoms with E-state index < -0.39 is 6.10 Å². The average Bonchev–Trinajstić information content (AvgIpc) is 3.45. The molecule has 79 heavy (non-hydrogen) atoms. The van der Waals surface area contributed by atoms with Gasteiger partial charge in [-0.25, -0.2) is 0 Å². The highest BCUT2D eigenvalue weighted by Crippen LogP contribution is 2.18. The molecule has 6 heteroatoms. The second-order valence-corrected chi connectivity index (χ2v) is 22.7. The van der Waals surface area contributed by atoms with Crippen molar-refractivity contribution in [3.63, 3.8) is 0 Å². The van der Waals surface area contributed by atoms with Crippen LogP contribution in [0.2, 0.25) is 0 Å². The Bertz CT molecular complexity index is 1500. The van der Waals surface area contributed by atoms with E-state index in [9.17, 15) is 14.4 Å². The zero-order valence-corrected chi connectivity index (χ0v) is 52.4. The number of hydrogen-bond donors (Lipinski definition) is 0. The topological polar surface area (TPSA) is 78.9 Å². The number of rotatable bonds is 62. The van der Waals surface area contributed by atoms with E-state index in [1.807, 2.05) is 0 Å². The summed E-state index contributed by atoms with van der Waals surface area (Å²) in [6, 6.07) is 0. The van der Waals surface area contributed by atoms with Gasteiger partial charge in [-0.2, -0.15) is 0 Å². The van der Waals surface area contributed by atoms with Crippen molar-refractivity contribution < 1.29 is 28.6 Å². The molecule has 0 aliphatic heterocycles. The van der Waals surface area contributed by atoms with E-state index in [-0.39, 0.29) is 31.1 Å². The first-order valence-corrected chi connectivity index (χ1v) is 34.1. The number of carbonyl (C=O) groups excluding carboxylic acids is 3. The lowest BCUT2D eigenvalue weighted by molar-refractivity contribution is -0.167. The smallest absolute Gasteiger partial charge is 0.306 e. The van der Waals surface area contributed by atoms with Crippen molar-refractivity contribution in [3.8, 4) is 0 Å². The van der Waals surface area contributed by atoms with Crippen molar-refractivity contribution in [3.05, 3.63) is 85.1 Å². The summed E-state index contributed by atoms with van der Waals surface area (Å²) in [5.41, 5.74) is 0. The van der Waals surface area contributed by atoms with Crippen LogP contribution < -0.4 is 0 Å². The molecular formula is C73H128O6. The molecule has 1 unspecified atom stereocenters. The Morgan fingerprint density at radius 3 is 0.835 bits per heavy atom. The van der Waals surface area contributed by atoms with Gasteiger partial charge in [-0.05, 0) is 89.9 Å². The van der Waals surface area contributed by atoms with Crippen LogP contribution in [0, 0.1) is 0 Å². The Kier molecular flexibility index (Phi) is 64.2. The van der Waals surface area contributed by atoms with Crippen LogP contribution in [-0.2, 0) is 28.6 Å². The average molecular weight is 1100 g/mol. The number of allylic oxidation sites excluding steroid dienone is 14. The molecule has 6 nitrogen and oxygen atoms in total. The highest BCUT2D eigenvalue weighted by Gasteiger charge is 2.19. The standard InChI is InChI=1S/C73H128O6/c1-4-7-10-13-16-19-22-24-26-28-29-30-31-32-33-34-35-36-37-38-39-40-41-42-43-44-45-46-48-49-51-54-57-60-63-66-72(75)78-69-70(68-77-71(74)65-62-59-56-53-21-18-15-12-9-6-3)79-73(76)67-64-61-58-55-52-50-47-27-25-23-20-17-14-11-8-5-2/h7,10,12,15-16,19,24,26,29-30,32-33,35-36,70H,4-6,8-9,11,13-14,17-18,20-23,25,27-28,31,34,37-69H2,1-3H3/b10-7-,15-12-,19-16-,26-24-,30-29-,33-32-,36-35-. The number of hydrogen-bond acceptors (Lipinski definition) is 6. The molecule has 0 aromatic rings. The zero-order valence-electron chi connectivity index (χ0n) is 52.4. The maximum atomic E-state index is 12.9. The molecule has 0 rings (SSSR count). The predicted molar refractivity (Wildman–Crippen MR) is 344 cm³/mol. The molecule has 0 N–H and O–H groups in total. The minimum absolute atomic E-state index is 0.0736. The molecule has 0 spiro atoms. The Hall–Kier alpha value is -3.41. The van der Waals surface area contributed by atoms with E-state index in [4.69, 9.17) is 14.2 Å². The first-order valence-electron chi connectivity index (χ1n) is 34.1. The SMILES string of the molecule is CC/C=C\C/C=C\C/C=C\C/C=C\C/C=C\C/C=C\CCCCCCCCCCCCCCCCCCC(=O)OCC(COC(=O)CCCCCCC/C=C\CCC)OC(=O)CCCCCCCCCCCCCCCCCC. The molecular weight excluding hydrogens is 973 g/mol. The molecule has 0 aliphatic rings. The van der Waals surface area contributed by atoms with Gasteiger partial charge in [0.05, 0.1) is 0 Å². The van der Waals surface area contributed by atoms with Crippen LogP contribution >= 0.6 is 0 Å². The summed E-state index contributed by atoms with van der Waals surface area (Å²) in [6.07, 6.45) is 89.1. The van der Waals surface area contributed by atoms with Gasteiger partial charge in [0.2, 0.25) is 0 Å². The van der Waals surface area contributed by atoms with Crippen molar-refractivity contribution >= 4 is 17.9 Å². The molecule has 1 atom stereocenters. The van der Waals surface area contributed by atoms with Gasteiger partial charge < -0.3 is 14.2 Å². The van der Waals surface area contributed by atoms with Gasteiger partial charge in [0.25, 0.3) is 0 Å². The highest BCUT2D eigenvalue weighted by atomic mass is 16.6. The molecule has 0 aromatic carbocycles. The fourth-order valence-corrected chi connectivity index (χ4v) is 9.80. The van der Waals surface area contributed by atoms with Gasteiger partial charge in [0, 0.05) is 19.3 Å². The van der Waals surface area contributed by atoms with Crippen molar-refractivity contribution in [2.75, 3.05) is 13.2 Å². The number of ether oxygens (including phenoxy) is 3. The molecule has 456 valence electrons. The van der Waals surface area contributed by atoms with E-state index in [1.54, 1.807) is 0 Å². The van der Waals surface area contributed by atoms with Gasteiger partial charge in [-0.1, -0.05) is 318 Å². The molecule has 0 saturated heterocycles. The molecule has 0 radical (unpaired) electrons. The van der Waals surface area contributed by atoms with E-state index in [1.165, 1.54) is 193 Å². The molecule has 0 aliphatic carbocycles. The van der Waals surface area contributed by atoms with Crippen molar-refractivity contribution in [1.29, 1.82) is 0 Å². The van der Waals surface area contributed by atoms with Crippen LogP contribution in [0.1, 0.15) is 342 Å². The molecule has 0 aromatic heterocycles. The summed E-state index contributed by atoms with van der Waals surface area (Å²) in [5.74, 6) is -0.867. The quantitative estimate of drug-likeness (QED) is 0.0261. The molecule has 0 bridgehead atoms. The van der Waals surface area contributed by atoms with Crippen LogP contribution in [0.25, 0.3) is 0 Å². The molecule has 0 heterocycles. The molecule has 0 amide bonds. The molecule has 0 saturated carbocycles. The third-order valence-corrected chi connectivity index (χ3v) is 14.9. The van der Waals surface area contributed by atoms with Crippen LogP contribution in [0.3, 0.4) is 0 Å². The van der Waals surface area contributed by atoms with E-state index in [0.717, 1.165) is 109 Å². The first-order chi connectivity index (χ1) is 39.0. The third-order valence-electron chi connectivity index (χ3n) is 14.9. The van der Waals surface area contributed by atoms with E-state index in [2.05, 4.69) is 106 Å². The second kappa shape index (κ2) is 67.1. The van der Waals surface area contributed by atoms with Gasteiger partial charge in [-0.3, -0.25) is 14.4 Å². The first kappa shape index (κ1) is 75.6. The zero-order chi connectivity index (χ0) is 57.1.